The highest BCUT2D eigenvalue weighted by Crippen LogP contribution is 2.18. The van der Waals surface area contributed by atoms with Crippen LogP contribution in [0.1, 0.15) is 25.2 Å². The SMILES string of the molecule is CCNC(=NCC(O)c1ccco1)N1CCC(COCCOC)C1. The van der Waals surface area contributed by atoms with Gasteiger partial charge in [0.05, 0.1) is 32.6 Å². The first-order valence-corrected chi connectivity index (χ1v) is 8.56. The molecule has 0 saturated carbocycles. The van der Waals surface area contributed by atoms with E-state index in [4.69, 9.17) is 13.9 Å². The molecule has 1 aromatic heterocycles. The average molecular weight is 339 g/mol. The number of methoxy groups -OCH3 is 1. The van der Waals surface area contributed by atoms with E-state index >= 15 is 0 Å². The molecule has 7 heteroatoms. The molecule has 24 heavy (non-hydrogen) atoms. The van der Waals surface area contributed by atoms with Crippen molar-refractivity contribution in [2.75, 3.05) is 53.1 Å². The molecule has 0 spiro atoms. The largest absolute Gasteiger partial charge is 0.467 e. The van der Waals surface area contributed by atoms with Crippen LogP contribution in [0.25, 0.3) is 0 Å². The van der Waals surface area contributed by atoms with Gasteiger partial charge < -0.3 is 29.2 Å². The molecule has 0 amide bonds. The summed E-state index contributed by atoms with van der Waals surface area (Å²) in [5.41, 5.74) is 0. The Morgan fingerprint density at radius 1 is 1.54 bits per heavy atom. The van der Waals surface area contributed by atoms with Crippen LogP contribution < -0.4 is 5.32 Å². The van der Waals surface area contributed by atoms with Crippen LogP contribution in [0.2, 0.25) is 0 Å². The van der Waals surface area contributed by atoms with E-state index in [9.17, 15) is 5.11 Å². The quantitative estimate of drug-likeness (QED) is 0.401. The fourth-order valence-electron chi connectivity index (χ4n) is 2.72. The van der Waals surface area contributed by atoms with Gasteiger partial charge in [-0.2, -0.15) is 0 Å². The van der Waals surface area contributed by atoms with E-state index in [2.05, 4.69) is 15.2 Å². The molecule has 7 nitrogen and oxygen atoms in total. The number of rotatable bonds is 9. The Kier molecular flexibility index (Phi) is 8.07. The maximum absolute atomic E-state index is 10.1. The number of nitrogens with zero attached hydrogens (tertiary/aromatic N) is 2. The van der Waals surface area contributed by atoms with E-state index < -0.39 is 6.10 Å². The topological polar surface area (TPSA) is 79.5 Å². The van der Waals surface area contributed by atoms with Gasteiger partial charge in [0.1, 0.15) is 11.9 Å². The Labute approximate surface area is 143 Å². The standard InChI is InChI=1S/C17H29N3O4/c1-3-18-17(19-11-15(21)16-5-4-8-24-16)20-7-6-14(12-20)13-23-10-9-22-2/h4-5,8,14-15,21H,3,6-7,9-13H2,1-2H3,(H,18,19). The van der Waals surface area contributed by atoms with Crippen LogP contribution in [0, 0.1) is 5.92 Å². The van der Waals surface area contributed by atoms with Crippen LogP contribution in [0.15, 0.2) is 27.8 Å². The van der Waals surface area contributed by atoms with Crippen LogP contribution in [-0.4, -0.2) is 69.1 Å². The molecule has 2 N–H and O–H groups in total. The Hall–Kier alpha value is -1.57. The zero-order chi connectivity index (χ0) is 17.2. The summed E-state index contributed by atoms with van der Waals surface area (Å²) in [5.74, 6) is 1.88. The van der Waals surface area contributed by atoms with E-state index in [0.717, 1.165) is 38.6 Å². The van der Waals surface area contributed by atoms with Crippen molar-refractivity contribution in [3.8, 4) is 0 Å². The maximum atomic E-state index is 10.1. The summed E-state index contributed by atoms with van der Waals surface area (Å²) < 4.78 is 15.8. The van der Waals surface area contributed by atoms with Crippen LogP contribution in [0.3, 0.4) is 0 Å². The van der Waals surface area contributed by atoms with Crippen LogP contribution in [0.5, 0.6) is 0 Å². The van der Waals surface area contributed by atoms with Crippen LogP contribution in [-0.2, 0) is 9.47 Å². The number of likely N-dealkylation sites (tertiary alicyclic amines) is 1. The molecule has 136 valence electrons. The highest BCUT2D eigenvalue weighted by Gasteiger charge is 2.25. The summed E-state index contributed by atoms with van der Waals surface area (Å²) in [5, 5.41) is 13.4. The Morgan fingerprint density at radius 3 is 3.12 bits per heavy atom. The van der Waals surface area contributed by atoms with Crippen molar-refractivity contribution in [3.63, 3.8) is 0 Å². The van der Waals surface area contributed by atoms with Crippen molar-refractivity contribution in [2.24, 2.45) is 10.9 Å². The molecule has 1 aliphatic rings. The lowest BCUT2D eigenvalue weighted by molar-refractivity contribution is 0.0536. The smallest absolute Gasteiger partial charge is 0.194 e. The minimum absolute atomic E-state index is 0.279. The fraction of sp³-hybridized carbons (Fsp3) is 0.706. The predicted octanol–water partition coefficient (Wildman–Crippen LogP) is 1.26. The van der Waals surface area contributed by atoms with E-state index in [-0.39, 0.29) is 6.54 Å². The second-order valence-corrected chi connectivity index (χ2v) is 5.89. The number of guanidine groups is 1. The molecule has 1 aliphatic heterocycles. The van der Waals surface area contributed by atoms with Gasteiger partial charge in [0.2, 0.25) is 0 Å². The predicted molar refractivity (Wildman–Crippen MR) is 92.0 cm³/mol. The third-order valence-electron chi connectivity index (χ3n) is 3.99. The second kappa shape index (κ2) is 10.3. The van der Waals surface area contributed by atoms with Crippen molar-refractivity contribution in [1.29, 1.82) is 0 Å². The Morgan fingerprint density at radius 2 is 2.42 bits per heavy atom. The first kappa shape index (κ1) is 18.8. The number of hydrogen-bond acceptors (Lipinski definition) is 5. The number of hydrogen-bond donors (Lipinski definition) is 2. The van der Waals surface area contributed by atoms with Gasteiger partial charge in [0, 0.05) is 32.7 Å². The molecule has 0 radical (unpaired) electrons. The Balaban J connectivity index is 1.82. The first-order chi connectivity index (χ1) is 11.7. The molecule has 0 aliphatic carbocycles. The molecular formula is C17H29N3O4. The monoisotopic (exact) mass is 339 g/mol. The van der Waals surface area contributed by atoms with Gasteiger partial charge in [-0.15, -0.1) is 0 Å². The fourth-order valence-corrected chi connectivity index (χ4v) is 2.72. The van der Waals surface area contributed by atoms with E-state index in [1.165, 1.54) is 0 Å². The summed E-state index contributed by atoms with van der Waals surface area (Å²) >= 11 is 0. The molecule has 0 bridgehead atoms. The highest BCUT2D eigenvalue weighted by molar-refractivity contribution is 5.80. The van der Waals surface area contributed by atoms with Crippen molar-refractivity contribution in [3.05, 3.63) is 24.2 Å². The van der Waals surface area contributed by atoms with Crippen LogP contribution >= 0.6 is 0 Å². The van der Waals surface area contributed by atoms with Crippen molar-refractivity contribution in [1.82, 2.24) is 10.2 Å². The third-order valence-corrected chi connectivity index (χ3v) is 3.99. The zero-order valence-electron chi connectivity index (χ0n) is 14.6. The van der Waals surface area contributed by atoms with Crippen molar-refractivity contribution in [2.45, 2.75) is 19.4 Å². The molecular weight excluding hydrogens is 310 g/mol. The number of aliphatic imine (C=N–C) groups is 1. The summed E-state index contributed by atoms with van der Waals surface area (Å²) in [4.78, 5) is 6.78. The van der Waals surface area contributed by atoms with Gasteiger partial charge in [-0.05, 0) is 25.5 Å². The number of nitrogens with one attached hydrogen (secondary N) is 1. The lowest BCUT2D eigenvalue weighted by Crippen LogP contribution is -2.40. The summed E-state index contributed by atoms with van der Waals surface area (Å²) in [6, 6.07) is 3.53. The van der Waals surface area contributed by atoms with Gasteiger partial charge in [-0.25, -0.2) is 4.99 Å². The van der Waals surface area contributed by atoms with Crippen LogP contribution in [0.4, 0.5) is 0 Å². The zero-order valence-corrected chi connectivity index (χ0v) is 14.6. The summed E-state index contributed by atoms with van der Waals surface area (Å²) in [6.07, 6.45) is 1.92. The minimum atomic E-state index is -0.718. The van der Waals surface area contributed by atoms with Gasteiger partial charge in [0.15, 0.2) is 5.96 Å². The number of aliphatic hydroxyl groups excluding tert-OH is 1. The first-order valence-electron chi connectivity index (χ1n) is 8.56. The molecule has 2 atom stereocenters. The molecule has 2 heterocycles. The number of ether oxygens (including phenoxy) is 2. The minimum Gasteiger partial charge on any atom is -0.467 e. The lowest BCUT2D eigenvalue weighted by atomic mass is 10.1. The highest BCUT2D eigenvalue weighted by atomic mass is 16.5. The van der Waals surface area contributed by atoms with Gasteiger partial charge in [0.25, 0.3) is 0 Å². The summed E-state index contributed by atoms with van der Waals surface area (Å²) in [6.45, 7) is 6.98. The maximum Gasteiger partial charge on any atom is 0.194 e. The number of aliphatic hydroxyl groups is 1. The Bertz CT molecular complexity index is 478. The van der Waals surface area contributed by atoms with E-state index in [0.29, 0.717) is 24.9 Å². The van der Waals surface area contributed by atoms with Gasteiger partial charge >= 0.3 is 0 Å². The van der Waals surface area contributed by atoms with E-state index in [1.807, 2.05) is 6.92 Å². The lowest BCUT2D eigenvalue weighted by Gasteiger charge is -2.22. The van der Waals surface area contributed by atoms with E-state index in [1.54, 1.807) is 25.5 Å². The summed E-state index contributed by atoms with van der Waals surface area (Å²) in [7, 11) is 1.68. The average Bonchev–Trinajstić information content (AvgIpc) is 3.27. The molecule has 2 unspecified atom stereocenters. The second-order valence-electron chi connectivity index (χ2n) is 5.89. The number of furan rings is 1. The van der Waals surface area contributed by atoms with Gasteiger partial charge in [-0.3, -0.25) is 0 Å². The van der Waals surface area contributed by atoms with Crippen molar-refractivity contribution >= 4 is 5.96 Å². The molecule has 2 rings (SSSR count). The van der Waals surface area contributed by atoms with Crippen molar-refractivity contribution < 1.29 is 19.0 Å². The molecule has 1 saturated heterocycles. The van der Waals surface area contributed by atoms with Gasteiger partial charge in [-0.1, -0.05) is 0 Å². The molecule has 1 fully saturated rings. The molecule has 0 aromatic carbocycles. The third kappa shape index (κ3) is 5.81. The normalized spacial score (nSPS) is 19.7. The molecule has 1 aromatic rings.